The van der Waals surface area contributed by atoms with Crippen LogP contribution in [-0.4, -0.2) is 63.4 Å². The van der Waals surface area contributed by atoms with Crippen LogP contribution in [0, 0.1) is 5.92 Å². The van der Waals surface area contributed by atoms with Crippen LogP contribution in [0.15, 0.2) is 0 Å². The molecule has 1 atom stereocenters. The van der Waals surface area contributed by atoms with Gasteiger partial charge in [-0.3, -0.25) is 9.69 Å². The molecular formula is C13H26N2O3. The molecule has 18 heavy (non-hydrogen) atoms. The Morgan fingerprint density at radius 3 is 2.61 bits per heavy atom. The van der Waals surface area contributed by atoms with E-state index in [9.17, 15) is 4.79 Å². The number of hydrogen-bond acceptors (Lipinski definition) is 4. The number of carbonyl (C=O) groups is 1. The van der Waals surface area contributed by atoms with E-state index < -0.39 is 0 Å². The molecule has 1 aliphatic heterocycles. The Kier molecular flexibility index (Phi) is 7.23. The summed E-state index contributed by atoms with van der Waals surface area (Å²) in [5.41, 5.74) is 0. The maximum Gasteiger partial charge on any atom is 0.246 e. The zero-order valence-electron chi connectivity index (χ0n) is 11.8. The van der Waals surface area contributed by atoms with Gasteiger partial charge in [0.1, 0.15) is 6.61 Å². The number of nitrogens with zero attached hydrogens (tertiary/aromatic N) is 1. The maximum absolute atomic E-state index is 11.4. The van der Waals surface area contributed by atoms with E-state index >= 15 is 0 Å². The van der Waals surface area contributed by atoms with Gasteiger partial charge in [-0.1, -0.05) is 13.8 Å². The normalized spacial score (nSPS) is 18.9. The Balaban J connectivity index is 2.41. The Bertz CT molecular complexity index is 240. The quantitative estimate of drug-likeness (QED) is 0.722. The van der Waals surface area contributed by atoms with Gasteiger partial charge in [-0.25, -0.2) is 0 Å². The fourth-order valence-electron chi connectivity index (χ4n) is 2.26. The van der Waals surface area contributed by atoms with Crippen molar-refractivity contribution in [3.63, 3.8) is 0 Å². The third-order valence-electron chi connectivity index (χ3n) is 3.12. The molecule has 0 aliphatic carbocycles. The molecule has 1 saturated heterocycles. The Morgan fingerprint density at radius 2 is 2.06 bits per heavy atom. The molecule has 1 N–H and O–H groups in total. The zero-order valence-corrected chi connectivity index (χ0v) is 11.8. The summed E-state index contributed by atoms with van der Waals surface area (Å²) < 4.78 is 10.2. The summed E-state index contributed by atoms with van der Waals surface area (Å²) in [4.78, 5) is 13.9. The number of rotatable bonds is 7. The second kappa shape index (κ2) is 8.45. The van der Waals surface area contributed by atoms with Crippen LogP contribution in [0.2, 0.25) is 0 Å². The minimum Gasteiger partial charge on any atom is -0.379 e. The highest BCUT2D eigenvalue weighted by Gasteiger charge is 2.22. The highest BCUT2D eigenvalue weighted by atomic mass is 16.5. The van der Waals surface area contributed by atoms with Crippen LogP contribution in [-0.2, 0) is 14.3 Å². The van der Waals surface area contributed by atoms with Crippen molar-refractivity contribution in [3.05, 3.63) is 0 Å². The van der Waals surface area contributed by atoms with Crippen LogP contribution >= 0.6 is 0 Å². The van der Waals surface area contributed by atoms with Gasteiger partial charge in [0.05, 0.1) is 13.2 Å². The molecule has 1 amide bonds. The summed E-state index contributed by atoms with van der Waals surface area (Å²) in [6.07, 6.45) is 1.09. The minimum absolute atomic E-state index is 0.0421. The average molecular weight is 258 g/mol. The first-order chi connectivity index (χ1) is 8.63. The number of amides is 1. The van der Waals surface area contributed by atoms with E-state index in [1.165, 1.54) is 7.11 Å². The third kappa shape index (κ3) is 5.80. The zero-order chi connectivity index (χ0) is 13.4. The highest BCUT2D eigenvalue weighted by Crippen LogP contribution is 2.12. The maximum atomic E-state index is 11.4. The second-order valence-corrected chi connectivity index (χ2v) is 5.17. The number of ether oxygens (including phenoxy) is 2. The van der Waals surface area contributed by atoms with Gasteiger partial charge in [-0.15, -0.1) is 0 Å². The summed E-state index contributed by atoms with van der Waals surface area (Å²) in [5.74, 6) is 0.580. The van der Waals surface area contributed by atoms with Crippen LogP contribution < -0.4 is 5.32 Å². The van der Waals surface area contributed by atoms with E-state index in [1.54, 1.807) is 0 Å². The monoisotopic (exact) mass is 258 g/mol. The van der Waals surface area contributed by atoms with Gasteiger partial charge in [0, 0.05) is 32.8 Å². The van der Waals surface area contributed by atoms with Crippen molar-refractivity contribution in [2.45, 2.75) is 26.3 Å². The van der Waals surface area contributed by atoms with E-state index in [0.717, 1.165) is 32.7 Å². The summed E-state index contributed by atoms with van der Waals surface area (Å²) in [7, 11) is 1.53. The van der Waals surface area contributed by atoms with Crippen LogP contribution in [0.1, 0.15) is 20.3 Å². The predicted molar refractivity (Wildman–Crippen MR) is 70.5 cm³/mol. The lowest BCUT2D eigenvalue weighted by atomic mass is 10.0. The van der Waals surface area contributed by atoms with Gasteiger partial charge in [0.15, 0.2) is 0 Å². The number of nitrogens with one attached hydrogen (secondary N) is 1. The summed E-state index contributed by atoms with van der Waals surface area (Å²) in [6, 6.07) is 0.398. The van der Waals surface area contributed by atoms with Crippen molar-refractivity contribution in [1.29, 1.82) is 0 Å². The SMILES string of the molecule is COCC(=O)NCC(CC(C)C)N1CCOCC1. The largest absolute Gasteiger partial charge is 0.379 e. The summed E-state index contributed by atoms with van der Waals surface area (Å²) >= 11 is 0. The Labute approximate surface area is 110 Å². The highest BCUT2D eigenvalue weighted by molar-refractivity contribution is 5.77. The van der Waals surface area contributed by atoms with Gasteiger partial charge in [-0.05, 0) is 12.3 Å². The Morgan fingerprint density at radius 1 is 1.39 bits per heavy atom. The van der Waals surface area contributed by atoms with E-state index in [0.29, 0.717) is 18.5 Å². The van der Waals surface area contributed by atoms with Gasteiger partial charge < -0.3 is 14.8 Å². The first-order valence-corrected chi connectivity index (χ1v) is 6.71. The number of carbonyl (C=O) groups excluding carboxylic acids is 1. The lowest BCUT2D eigenvalue weighted by molar-refractivity contribution is -0.125. The average Bonchev–Trinajstić information content (AvgIpc) is 2.35. The molecule has 0 aromatic heterocycles. The summed E-state index contributed by atoms with van der Waals surface area (Å²) in [6.45, 7) is 8.75. The number of morpholine rings is 1. The molecule has 0 bridgehead atoms. The smallest absolute Gasteiger partial charge is 0.246 e. The van der Waals surface area contributed by atoms with Crippen LogP contribution in [0.25, 0.3) is 0 Å². The van der Waals surface area contributed by atoms with Crippen LogP contribution in [0.3, 0.4) is 0 Å². The number of methoxy groups -OCH3 is 1. The van der Waals surface area contributed by atoms with Gasteiger partial charge in [0.2, 0.25) is 5.91 Å². The molecule has 1 heterocycles. The Hall–Kier alpha value is -0.650. The first-order valence-electron chi connectivity index (χ1n) is 6.71. The van der Waals surface area contributed by atoms with Crippen molar-refractivity contribution in [3.8, 4) is 0 Å². The molecule has 1 unspecified atom stereocenters. The van der Waals surface area contributed by atoms with Crippen molar-refractivity contribution < 1.29 is 14.3 Å². The lowest BCUT2D eigenvalue weighted by Crippen LogP contribution is -2.49. The fourth-order valence-corrected chi connectivity index (χ4v) is 2.26. The topological polar surface area (TPSA) is 50.8 Å². The van der Waals surface area contributed by atoms with Gasteiger partial charge in [-0.2, -0.15) is 0 Å². The van der Waals surface area contributed by atoms with Crippen molar-refractivity contribution in [2.75, 3.05) is 46.6 Å². The van der Waals surface area contributed by atoms with Gasteiger partial charge >= 0.3 is 0 Å². The molecule has 0 saturated carbocycles. The predicted octanol–water partition coefficient (Wildman–Crippen LogP) is 0.496. The molecule has 0 aromatic carbocycles. The molecule has 0 radical (unpaired) electrons. The number of hydrogen-bond donors (Lipinski definition) is 1. The van der Waals surface area contributed by atoms with E-state index in [4.69, 9.17) is 9.47 Å². The molecule has 0 spiro atoms. The standard InChI is InChI=1S/C13H26N2O3/c1-11(2)8-12(9-14-13(16)10-17-3)15-4-6-18-7-5-15/h11-12H,4-10H2,1-3H3,(H,14,16). The molecular weight excluding hydrogens is 232 g/mol. The first kappa shape index (κ1) is 15.4. The van der Waals surface area contributed by atoms with E-state index in [2.05, 4.69) is 24.1 Å². The van der Waals surface area contributed by atoms with E-state index in [-0.39, 0.29) is 12.5 Å². The van der Waals surface area contributed by atoms with Crippen LogP contribution in [0.5, 0.6) is 0 Å². The molecule has 1 aliphatic rings. The molecule has 0 aromatic rings. The van der Waals surface area contributed by atoms with Crippen molar-refractivity contribution in [1.82, 2.24) is 10.2 Å². The second-order valence-electron chi connectivity index (χ2n) is 5.17. The lowest BCUT2D eigenvalue weighted by Gasteiger charge is -2.35. The van der Waals surface area contributed by atoms with E-state index in [1.807, 2.05) is 0 Å². The molecule has 5 heteroatoms. The van der Waals surface area contributed by atoms with Crippen LogP contribution in [0.4, 0.5) is 0 Å². The summed E-state index contributed by atoms with van der Waals surface area (Å²) in [5, 5.41) is 2.94. The molecule has 106 valence electrons. The minimum atomic E-state index is -0.0421. The molecule has 1 rings (SSSR count). The van der Waals surface area contributed by atoms with Crippen molar-refractivity contribution >= 4 is 5.91 Å². The van der Waals surface area contributed by atoms with Crippen molar-refractivity contribution in [2.24, 2.45) is 5.92 Å². The fraction of sp³-hybridized carbons (Fsp3) is 0.923. The third-order valence-corrected chi connectivity index (χ3v) is 3.12. The van der Waals surface area contributed by atoms with Gasteiger partial charge in [0.25, 0.3) is 0 Å². The molecule has 1 fully saturated rings. The molecule has 5 nitrogen and oxygen atoms in total.